The van der Waals surface area contributed by atoms with Crippen LogP contribution < -0.4 is 15.8 Å². The molecule has 0 bridgehead atoms. The lowest BCUT2D eigenvalue weighted by atomic mass is 10.0. The van der Waals surface area contributed by atoms with Crippen LogP contribution in [0, 0.1) is 18.8 Å². The Kier molecular flexibility index (Phi) is 6.22. The highest BCUT2D eigenvalue weighted by molar-refractivity contribution is 7.14. The molecule has 31 heavy (non-hydrogen) atoms. The summed E-state index contributed by atoms with van der Waals surface area (Å²) >= 11 is 1.01. The van der Waals surface area contributed by atoms with Crippen LogP contribution in [0.15, 0.2) is 42.7 Å². The van der Waals surface area contributed by atoms with E-state index in [9.17, 15) is 22.8 Å². The third kappa shape index (κ3) is 5.80. The number of amides is 2. The maximum absolute atomic E-state index is 12.8. The molecule has 3 rings (SSSR count). The molecule has 0 aliphatic heterocycles. The van der Waals surface area contributed by atoms with Crippen LogP contribution >= 0.6 is 11.3 Å². The van der Waals surface area contributed by atoms with Crippen molar-refractivity contribution >= 4 is 29.2 Å². The summed E-state index contributed by atoms with van der Waals surface area (Å²) in [6, 6.07) is 6.26. The van der Waals surface area contributed by atoms with Gasteiger partial charge in [0.1, 0.15) is 10.7 Å². The quantitative estimate of drug-likeness (QED) is 0.592. The van der Waals surface area contributed by atoms with E-state index in [1.165, 1.54) is 18.3 Å². The van der Waals surface area contributed by atoms with Crippen molar-refractivity contribution in [3.8, 4) is 17.0 Å². The summed E-state index contributed by atoms with van der Waals surface area (Å²) in [7, 11) is 0. The van der Waals surface area contributed by atoms with Gasteiger partial charge in [-0.2, -0.15) is 13.2 Å². The number of pyridine rings is 1. The fourth-order valence-corrected chi connectivity index (χ4v) is 2.96. The number of carbonyl (C=O) groups excluding carboxylic acids is 2. The zero-order valence-electron chi connectivity index (χ0n) is 15.8. The summed E-state index contributed by atoms with van der Waals surface area (Å²) in [4.78, 5) is 31.3. The number of halogens is 3. The topological polar surface area (TPSA) is 107 Å². The number of ether oxygens (including phenoxy) is 1. The van der Waals surface area contributed by atoms with E-state index in [1.807, 2.05) is 0 Å². The van der Waals surface area contributed by atoms with Gasteiger partial charge >= 0.3 is 12.3 Å². The van der Waals surface area contributed by atoms with Crippen molar-refractivity contribution in [3.63, 3.8) is 0 Å². The molecule has 0 unspecified atom stereocenters. The molecule has 2 amide bonds. The molecule has 0 fully saturated rings. The van der Waals surface area contributed by atoms with Crippen molar-refractivity contribution < 1.29 is 27.5 Å². The average Bonchev–Trinajstić information content (AvgIpc) is 3.13. The molecule has 0 radical (unpaired) electrons. The average molecular weight is 446 g/mol. The first-order valence-electron chi connectivity index (χ1n) is 8.52. The minimum Gasteiger partial charge on any atom is -0.381 e. The highest BCUT2D eigenvalue weighted by Gasteiger charge is 2.30. The number of rotatable bonds is 3. The number of aryl methyl sites for hydroxylation is 1. The molecular formula is C20H13F3N4O3S. The molecule has 3 aromatic rings. The van der Waals surface area contributed by atoms with Crippen LogP contribution in [0.1, 0.15) is 31.9 Å². The van der Waals surface area contributed by atoms with Crippen molar-refractivity contribution in [2.45, 2.75) is 13.1 Å². The summed E-state index contributed by atoms with van der Waals surface area (Å²) in [5.41, 5.74) is 5.49. The Morgan fingerprint density at radius 2 is 1.94 bits per heavy atom. The van der Waals surface area contributed by atoms with Crippen molar-refractivity contribution in [1.29, 1.82) is 0 Å². The Morgan fingerprint density at radius 3 is 2.65 bits per heavy atom. The van der Waals surface area contributed by atoms with E-state index in [2.05, 4.69) is 31.9 Å². The highest BCUT2D eigenvalue weighted by atomic mass is 32.1. The molecule has 0 saturated carbocycles. The van der Waals surface area contributed by atoms with Crippen LogP contribution in [0.5, 0.6) is 5.19 Å². The number of alkyl halides is 3. The van der Waals surface area contributed by atoms with Gasteiger partial charge < -0.3 is 15.8 Å². The van der Waals surface area contributed by atoms with Crippen molar-refractivity contribution in [1.82, 2.24) is 9.97 Å². The summed E-state index contributed by atoms with van der Waals surface area (Å²) in [5, 5.41) is 2.40. The van der Waals surface area contributed by atoms with Crippen LogP contribution in [0.2, 0.25) is 0 Å². The molecule has 0 aliphatic rings. The Bertz CT molecular complexity index is 1210. The van der Waals surface area contributed by atoms with Crippen LogP contribution in [-0.4, -0.2) is 22.0 Å². The summed E-state index contributed by atoms with van der Waals surface area (Å²) in [5.74, 6) is 4.87. The van der Waals surface area contributed by atoms with E-state index >= 15 is 0 Å². The first-order chi connectivity index (χ1) is 14.6. The third-order valence-corrected chi connectivity index (χ3v) is 4.61. The Labute approximate surface area is 178 Å². The number of carbonyl (C=O) groups is 2. The molecule has 0 atom stereocenters. The molecule has 1 aromatic carbocycles. The lowest BCUT2D eigenvalue weighted by Crippen LogP contribution is -2.15. The van der Waals surface area contributed by atoms with Gasteiger partial charge in [-0.15, -0.1) is 0 Å². The second-order valence-corrected chi connectivity index (χ2v) is 7.07. The molecule has 2 heterocycles. The number of thiazole rings is 1. The Balaban J connectivity index is 1.79. The van der Waals surface area contributed by atoms with Crippen LogP contribution in [0.25, 0.3) is 0 Å². The van der Waals surface area contributed by atoms with Crippen molar-refractivity contribution in [2.75, 3.05) is 5.32 Å². The molecule has 3 N–H and O–H groups in total. The lowest BCUT2D eigenvalue weighted by molar-refractivity contribution is -0.137. The summed E-state index contributed by atoms with van der Waals surface area (Å²) in [6.45, 7) is 1.79. The third-order valence-electron chi connectivity index (χ3n) is 3.82. The van der Waals surface area contributed by atoms with Gasteiger partial charge in [-0.3, -0.25) is 4.79 Å². The van der Waals surface area contributed by atoms with Crippen LogP contribution in [-0.2, 0) is 6.18 Å². The SMILES string of the molecule is Cc1ccc(C(=O)Nc2cc(C(F)(F)F)ccn2)cc1C#Cc1cnc(OC(N)=O)s1. The second kappa shape index (κ2) is 8.85. The number of hydrogen-bond acceptors (Lipinski definition) is 6. The smallest absolute Gasteiger partial charge is 0.381 e. The first-order valence-corrected chi connectivity index (χ1v) is 9.34. The summed E-state index contributed by atoms with van der Waals surface area (Å²) < 4.78 is 43.1. The minimum absolute atomic E-state index is 0.0511. The molecular weight excluding hydrogens is 433 g/mol. The fourth-order valence-electron chi connectivity index (χ4n) is 2.34. The van der Waals surface area contributed by atoms with E-state index in [0.717, 1.165) is 35.2 Å². The van der Waals surface area contributed by atoms with E-state index in [-0.39, 0.29) is 16.6 Å². The predicted octanol–water partition coefficient (Wildman–Crippen LogP) is 3.97. The van der Waals surface area contributed by atoms with Gasteiger partial charge in [0.2, 0.25) is 0 Å². The van der Waals surface area contributed by atoms with Crippen LogP contribution in [0.3, 0.4) is 0 Å². The number of nitrogens with one attached hydrogen (secondary N) is 1. The molecule has 0 spiro atoms. The Hall–Kier alpha value is -3.91. The lowest BCUT2D eigenvalue weighted by Gasteiger charge is -2.09. The highest BCUT2D eigenvalue weighted by Crippen LogP contribution is 2.30. The minimum atomic E-state index is -4.55. The molecule has 7 nitrogen and oxygen atoms in total. The maximum Gasteiger partial charge on any atom is 0.416 e. The number of aromatic nitrogens is 2. The standard InChI is InChI=1S/C20H13F3N4O3S/c1-11-2-3-13(17(28)27-16-9-14(6-7-25-16)20(21,22)23)8-12(11)4-5-15-10-26-19(31-15)30-18(24)29/h2-3,6-10H,1H3,(H2,24,29)(H,25,27,28). The van der Waals surface area contributed by atoms with E-state index in [0.29, 0.717) is 10.4 Å². The van der Waals surface area contributed by atoms with Gasteiger partial charge in [0.15, 0.2) is 0 Å². The van der Waals surface area contributed by atoms with Crippen molar-refractivity contribution in [3.05, 3.63) is 69.9 Å². The molecule has 158 valence electrons. The fraction of sp³-hybridized carbons (Fsp3) is 0.100. The zero-order chi connectivity index (χ0) is 22.6. The maximum atomic E-state index is 12.8. The van der Waals surface area contributed by atoms with Gasteiger partial charge in [0.25, 0.3) is 11.1 Å². The number of hydrogen-bond donors (Lipinski definition) is 2. The molecule has 0 saturated heterocycles. The van der Waals surface area contributed by atoms with Gasteiger partial charge in [-0.1, -0.05) is 23.3 Å². The van der Waals surface area contributed by atoms with Gasteiger partial charge in [-0.25, -0.2) is 14.8 Å². The van der Waals surface area contributed by atoms with E-state index in [1.54, 1.807) is 13.0 Å². The zero-order valence-corrected chi connectivity index (χ0v) is 16.6. The number of primary amides is 1. The largest absolute Gasteiger partial charge is 0.416 e. The molecule has 11 heteroatoms. The molecule has 2 aromatic heterocycles. The number of benzene rings is 1. The van der Waals surface area contributed by atoms with Gasteiger partial charge in [0.05, 0.1) is 11.8 Å². The number of nitrogens with two attached hydrogens (primary N) is 1. The monoisotopic (exact) mass is 446 g/mol. The second-order valence-electron chi connectivity index (χ2n) is 6.07. The first kappa shape index (κ1) is 21.8. The van der Waals surface area contributed by atoms with Gasteiger partial charge in [0, 0.05) is 17.3 Å². The predicted molar refractivity (Wildman–Crippen MR) is 107 cm³/mol. The Morgan fingerprint density at radius 1 is 1.16 bits per heavy atom. The number of nitrogens with zero attached hydrogens (tertiary/aromatic N) is 2. The summed E-state index contributed by atoms with van der Waals surface area (Å²) in [6.07, 6.45) is -3.16. The van der Waals surface area contributed by atoms with Crippen molar-refractivity contribution in [2.24, 2.45) is 5.73 Å². The number of anilines is 1. The molecule has 0 aliphatic carbocycles. The normalized spacial score (nSPS) is 10.7. The van der Waals surface area contributed by atoms with E-state index < -0.39 is 23.7 Å². The van der Waals surface area contributed by atoms with E-state index in [4.69, 9.17) is 5.73 Å². The van der Waals surface area contributed by atoms with Crippen LogP contribution in [0.4, 0.5) is 23.8 Å². The van der Waals surface area contributed by atoms with Gasteiger partial charge in [-0.05, 0) is 42.7 Å².